The van der Waals surface area contributed by atoms with Crippen LogP contribution in [0.3, 0.4) is 0 Å². The summed E-state index contributed by atoms with van der Waals surface area (Å²) in [5, 5.41) is 6.49. The van der Waals surface area contributed by atoms with Crippen LogP contribution >= 0.6 is 0 Å². The smallest absolute Gasteiger partial charge is 0.0652 e. The Kier molecular flexibility index (Phi) is 4.06. The molecule has 2 heteroatoms. The van der Waals surface area contributed by atoms with Crippen molar-refractivity contribution in [3.8, 4) is 0 Å². The maximum Gasteiger partial charge on any atom is 0.0652 e. The number of hydrogen-bond donors (Lipinski definition) is 2. The van der Waals surface area contributed by atoms with Crippen molar-refractivity contribution < 1.29 is 0 Å². The fourth-order valence-electron chi connectivity index (χ4n) is 1.31. The Morgan fingerprint density at radius 1 is 1.45 bits per heavy atom. The maximum absolute atomic E-state index is 3.38. The van der Waals surface area contributed by atoms with E-state index in [1.807, 2.05) is 6.20 Å². The fraction of sp³-hybridized carbons (Fsp3) is 0.778. The van der Waals surface area contributed by atoms with Gasteiger partial charge in [-0.05, 0) is 12.6 Å². The van der Waals surface area contributed by atoms with Crippen LogP contribution in [0.1, 0.15) is 32.6 Å². The third-order valence-electron chi connectivity index (χ3n) is 2.03. The summed E-state index contributed by atoms with van der Waals surface area (Å²) in [6.07, 6.45) is 9.56. The minimum Gasteiger partial charge on any atom is -0.379 e. The molecule has 1 unspecified atom stereocenters. The van der Waals surface area contributed by atoms with Gasteiger partial charge in [0.25, 0.3) is 0 Å². The van der Waals surface area contributed by atoms with Crippen LogP contribution < -0.4 is 10.6 Å². The molecule has 0 aromatic rings. The lowest BCUT2D eigenvalue weighted by Crippen LogP contribution is -2.37. The Labute approximate surface area is 69.1 Å². The summed E-state index contributed by atoms with van der Waals surface area (Å²) in [7, 11) is 0. The molecule has 0 bridgehead atoms. The summed E-state index contributed by atoms with van der Waals surface area (Å²) in [4.78, 5) is 0. The first-order valence-corrected chi connectivity index (χ1v) is 4.57. The predicted octanol–water partition coefficient (Wildman–Crippen LogP) is 1.60. The summed E-state index contributed by atoms with van der Waals surface area (Å²) >= 11 is 0. The van der Waals surface area contributed by atoms with E-state index >= 15 is 0 Å². The lowest BCUT2D eigenvalue weighted by Gasteiger charge is -2.18. The standard InChI is InChI=1S/C9H18N2/c1-2-3-4-5-9-6-7-10-8-11-9/h6-7,9-11H,2-5,8H2,1H3. The lowest BCUT2D eigenvalue weighted by molar-refractivity contribution is 0.493. The van der Waals surface area contributed by atoms with E-state index in [0.29, 0.717) is 6.04 Å². The monoisotopic (exact) mass is 154 g/mol. The third kappa shape index (κ3) is 3.42. The van der Waals surface area contributed by atoms with Crippen molar-refractivity contribution in [2.24, 2.45) is 0 Å². The zero-order valence-corrected chi connectivity index (χ0v) is 7.27. The van der Waals surface area contributed by atoms with E-state index in [1.54, 1.807) is 0 Å². The highest BCUT2D eigenvalue weighted by Gasteiger charge is 2.04. The molecule has 1 rings (SSSR count). The van der Waals surface area contributed by atoms with Crippen LogP contribution in [0, 0.1) is 0 Å². The molecule has 0 aliphatic carbocycles. The molecule has 0 aromatic heterocycles. The van der Waals surface area contributed by atoms with Crippen molar-refractivity contribution in [2.45, 2.75) is 38.6 Å². The minimum absolute atomic E-state index is 0.614. The van der Waals surface area contributed by atoms with Crippen LogP contribution in [0.5, 0.6) is 0 Å². The van der Waals surface area contributed by atoms with Crippen molar-refractivity contribution in [2.75, 3.05) is 6.67 Å². The van der Waals surface area contributed by atoms with Crippen LogP contribution in [0.15, 0.2) is 12.3 Å². The zero-order chi connectivity index (χ0) is 7.94. The first-order chi connectivity index (χ1) is 5.43. The molecule has 64 valence electrons. The van der Waals surface area contributed by atoms with E-state index < -0.39 is 0 Å². The van der Waals surface area contributed by atoms with E-state index in [2.05, 4.69) is 23.6 Å². The average Bonchev–Trinajstić information content (AvgIpc) is 2.07. The first kappa shape index (κ1) is 8.60. The molecule has 0 aromatic carbocycles. The summed E-state index contributed by atoms with van der Waals surface area (Å²) in [6, 6.07) is 0.614. The van der Waals surface area contributed by atoms with Crippen LogP contribution in [0.2, 0.25) is 0 Å². The predicted molar refractivity (Wildman–Crippen MR) is 48.2 cm³/mol. The zero-order valence-electron chi connectivity index (χ0n) is 7.27. The molecular formula is C9H18N2. The Morgan fingerprint density at radius 2 is 2.36 bits per heavy atom. The first-order valence-electron chi connectivity index (χ1n) is 4.57. The molecule has 11 heavy (non-hydrogen) atoms. The largest absolute Gasteiger partial charge is 0.379 e. The van der Waals surface area contributed by atoms with Crippen molar-refractivity contribution >= 4 is 0 Å². The van der Waals surface area contributed by atoms with Gasteiger partial charge in [0, 0.05) is 6.04 Å². The number of unbranched alkanes of at least 4 members (excludes halogenated alkanes) is 2. The quantitative estimate of drug-likeness (QED) is 0.601. The molecule has 0 amide bonds. The van der Waals surface area contributed by atoms with E-state index in [9.17, 15) is 0 Å². The lowest BCUT2D eigenvalue weighted by atomic mass is 10.1. The average molecular weight is 154 g/mol. The maximum atomic E-state index is 3.38. The highest BCUT2D eigenvalue weighted by molar-refractivity contribution is 4.95. The minimum atomic E-state index is 0.614. The highest BCUT2D eigenvalue weighted by atomic mass is 15.1. The van der Waals surface area contributed by atoms with Crippen molar-refractivity contribution in [1.29, 1.82) is 0 Å². The normalized spacial score (nSPS) is 23.2. The van der Waals surface area contributed by atoms with Gasteiger partial charge in [0.15, 0.2) is 0 Å². The van der Waals surface area contributed by atoms with Gasteiger partial charge in [0.2, 0.25) is 0 Å². The van der Waals surface area contributed by atoms with Crippen LogP contribution in [-0.2, 0) is 0 Å². The summed E-state index contributed by atoms with van der Waals surface area (Å²) < 4.78 is 0. The Hall–Kier alpha value is -0.500. The Balaban J connectivity index is 2.05. The molecule has 1 heterocycles. The third-order valence-corrected chi connectivity index (χ3v) is 2.03. The van der Waals surface area contributed by atoms with E-state index in [-0.39, 0.29) is 0 Å². The number of nitrogens with one attached hydrogen (secondary N) is 2. The van der Waals surface area contributed by atoms with Crippen LogP contribution in [0.4, 0.5) is 0 Å². The summed E-state index contributed by atoms with van der Waals surface area (Å²) in [6.45, 7) is 3.17. The van der Waals surface area contributed by atoms with Gasteiger partial charge in [-0.25, -0.2) is 0 Å². The topological polar surface area (TPSA) is 24.1 Å². The van der Waals surface area contributed by atoms with E-state index in [0.717, 1.165) is 6.67 Å². The van der Waals surface area contributed by atoms with Crippen LogP contribution in [0.25, 0.3) is 0 Å². The second kappa shape index (κ2) is 5.19. The van der Waals surface area contributed by atoms with Crippen LogP contribution in [-0.4, -0.2) is 12.7 Å². The molecule has 0 spiro atoms. The van der Waals surface area contributed by atoms with Gasteiger partial charge < -0.3 is 5.32 Å². The van der Waals surface area contributed by atoms with E-state index in [1.165, 1.54) is 25.7 Å². The molecular weight excluding hydrogens is 136 g/mol. The molecule has 0 fully saturated rings. The number of rotatable bonds is 4. The number of hydrogen-bond acceptors (Lipinski definition) is 2. The molecule has 1 aliphatic rings. The molecule has 2 N–H and O–H groups in total. The Morgan fingerprint density at radius 3 is 3.00 bits per heavy atom. The van der Waals surface area contributed by atoms with Gasteiger partial charge in [-0.3, -0.25) is 5.32 Å². The second-order valence-corrected chi connectivity index (χ2v) is 3.05. The van der Waals surface area contributed by atoms with Crippen molar-refractivity contribution in [3.05, 3.63) is 12.3 Å². The molecule has 0 radical (unpaired) electrons. The molecule has 2 nitrogen and oxygen atoms in total. The molecule has 0 saturated heterocycles. The van der Waals surface area contributed by atoms with E-state index in [4.69, 9.17) is 0 Å². The van der Waals surface area contributed by atoms with Crippen molar-refractivity contribution in [1.82, 2.24) is 10.6 Å². The van der Waals surface area contributed by atoms with Gasteiger partial charge >= 0.3 is 0 Å². The van der Waals surface area contributed by atoms with Gasteiger partial charge in [-0.15, -0.1) is 0 Å². The van der Waals surface area contributed by atoms with Gasteiger partial charge in [0.05, 0.1) is 6.67 Å². The highest BCUT2D eigenvalue weighted by Crippen LogP contribution is 2.04. The SMILES string of the molecule is CCCCCC1C=CNCN1. The second-order valence-electron chi connectivity index (χ2n) is 3.05. The molecule has 1 aliphatic heterocycles. The van der Waals surface area contributed by atoms with Gasteiger partial charge in [-0.1, -0.05) is 32.3 Å². The Bertz CT molecular complexity index is 121. The fourth-order valence-corrected chi connectivity index (χ4v) is 1.31. The summed E-state index contributed by atoms with van der Waals surface area (Å²) in [5.74, 6) is 0. The molecule has 0 saturated carbocycles. The van der Waals surface area contributed by atoms with Gasteiger partial charge in [-0.2, -0.15) is 0 Å². The van der Waals surface area contributed by atoms with Gasteiger partial charge in [0.1, 0.15) is 0 Å². The van der Waals surface area contributed by atoms with Crippen molar-refractivity contribution in [3.63, 3.8) is 0 Å². The summed E-state index contributed by atoms with van der Waals surface area (Å²) in [5.41, 5.74) is 0. The molecule has 1 atom stereocenters.